The molecule has 0 unspecified atom stereocenters. The van der Waals surface area contributed by atoms with Gasteiger partial charge in [0.25, 0.3) is 0 Å². The Morgan fingerprint density at radius 1 is 1.29 bits per heavy atom. The van der Waals surface area contributed by atoms with E-state index < -0.39 is 0 Å². The summed E-state index contributed by atoms with van der Waals surface area (Å²) in [4.78, 5) is 11.0. The third-order valence-corrected chi connectivity index (χ3v) is 3.12. The first-order valence-electron chi connectivity index (χ1n) is 5.39. The third kappa shape index (κ3) is 3.12. The first-order valence-corrected chi connectivity index (χ1v) is 6.15. The van der Waals surface area contributed by atoms with Gasteiger partial charge in [-0.1, -0.05) is 23.2 Å². The van der Waals surface area contributed by atoms with Crippen LogP contribution in [0.4, 0.5) is 0 Å². The Labute approximate surface area is 110 Å². The highest BCUT2D eigenvalue weighted by Crippen LogP contribution is 2.33. The molecule has 1 aromatic rings. The molecule has 5 heteroatoms. The molecule has 3 nitrogen and oxygen atoms in total. The second-order valence-electron chi connectivity index (χ2n) is 3.85. The Morgan fingerprint density at radius 2 is 2.00 bits per heavy atom. The van der Waals surface area contributed by atoms with Gasteiger partial charge in [-0.15, -0.1) is 0 Å². The van der Waals surface area contributed by atoms with E-state index in [1.807, 2.05) is 0 Å². The minimum Gasteiger partial charge on any atom is -0.488 e. The first kappa shape index (κ1) is 12.7. The van der Waals surface area contributed by atoms with Crippen molar-refractivity contribution in [2.24, 2.45) is 0 Å². The van der Waals surface area contributed by atoms with Gasteiger partial charge in [0.2, 0.25) is 0 Å². The molecule has 2 rings (SSSR count). The van der Waals surface area contributed by atoms with Crippen LogP contribution in [0.1, 0.15) is 23.2 Å². The molecule has 92 valence electrons. The van der Waals surface area contributed by atoms with Crippen LogP contribution in [0.15, 0.2) is 12.1 Å². The van der Waals surface area contributed by atoms with Crippen LogP contribution < -0.4 is 4.74 Å². The van der Waals surface area contributed by atoms with E-state index in [2.05, 4.69) is 0 Å². The molecule has 0 aromatic heterocycles. The van der Waals surface area contributed by atoms with Crippen molar-refractivity contribution in [2.75, 3.05) is 13.2 Å². The van der Waals surface area contributed by atoms with E-state index >= 15 is 0 Å². The maximum atomic E-state index is 11.0. The molecule has 1 aliphatic rings. The Bertz CT molecular complexity index is 414. The summed E-state index contributed by atoms with van der Waals surface area (Å²) in [5.41, 5.74) is 0.383. The van der Waals surface area contributed by atoms with E-state index in [1.165, 1.54) is 0 Å². The predicted octanol–water partition coefficient (Wildman–Crippen LogP) is 3.36. The highest BCUT2D eigenvalue weighted by molar-refractivity contribution is 6.36. The third-order valence-electron chi connectivity index (χ3n) is 2.62. The minimum absolute atomic E-state index is 0.0427. The molecule has 0 spiro atoms. The van der Waals surface area contributed by atoms with E-state index in [4.69, 9.17) is 32.7 Å². The number of carbonyl (C=O) groups excluding carboxylic acids is 1. The summed E-state index contributed by atoms with van der Waals surface area (Å²) < 4.78 is 11.0. The van der Waals surface area contributed by atoms with Crippen LogP contribution in [0.2, 0.25) is 10.0 Å². The van der Waals surface area contributed by atoms with Crippen molar-refractivity contribution in [3.8, 4) is 5.75 Å². The zero-order chi connectivity index (χ0) is 12.3. The molecule has 17 heavy (non-hydrogen) atoms. The molecule has 1 aromatic carbocycles. The van der Waals surface area contributed by atoms with Gasteiger partial charge in [0.05, 0.1) is 23.8 Å². The van der Waals surface area contributed by atoms with Crippen LogP contribution in [-0.2, 0) is 4.74 Å². The van der Waals surface area contributed by atoms with E-state index in [0.717, 1.165) is 12.8 Å². The molecular weight excluding hydrogens is 263 g/mol. The number of halogens is 2. The van der Waals surface area contributed by atoms with Crippen LogP contribution in [0, 0.1) is 0 Å². The normalized spacial score (nSPS) is 16.8. The molecule has 1 heterocycles. The van der Waals surface area contributed by atoms with Gasteiger partial charge in [-0.2, -0.15) is 0 Å². The molecule has 1 fully saturated rings. The minimum atomic E-state index is 0.0427. The Balaban J connectivity index is 2.21. The summed E-state index contributed by atoms with van der Waals surface area (Å²) in [7, 11) is 0. The molecule has 0 bridgehead atoms. The molecular formula is C12H12Cl2O3. The highest BCUT2D eigenvalue weighted by Gasteiger charge is 2.19. The van der Waals surface area contributed by atoms with Gasteiger partial charge in [0.1, 0.15) is 11.9 Å². The summed E-state index contributed by atoms with van der Waals surface area (Å²) in [6, 6.07) is 3.12. The number of benzene rings is 1. The fraction of sp³-hybridized carbons (Fsp3) is 0.417. The van der Waals surface area contributed by atoms with Crippen molar-refractivity contribution in [3.05, 3.63) is 27.7 Å². The van der Waals surface area contributed by atoms with Crippen LogP contribution in [0.3, 0.4) is 0 Å². The van der Waals surface area contributed by atoms with Crippen molar-refractivity contribution in [1.82, 2.24) is 0 Å². The second-order valence-corrected chi connectivity index (χ2v) is 4.70. The molecule has 0 atom stereocenters. The lowest BCUT2D eigenvalue weighted by Crippen LogP contribution is -2.26. The Hall–Kier alpha value is -0.770. The van der Waals surface area contributed by atoms with Crippen LogP contribution in [-0.4, -0.2) is 25.6 Å². The summed E-state index contributed by atoms with van der Waals surface area (Å²) >= 11 is 11.9. The van der Waals surface area contributed by atoms with Crippen molar-refractivity contribution in [1.29, 1.82) is 0 Å². The van der Waals surface area contributed by atoms with Gasteiger partial charge < -0.3 is 9.47 Å². The van der Waals surface area contributed by atoms with Gasteiger partial charge >= 0.3 is 0 Å². The fourth-order valence-electron chi connectivity index (χ4n) is 1.75. The zero-order valence-electron chi connectivity index (χ0n) is 9.12. The molecule has 0 radical (unpaired) electrons. The van der Waals surface area contributed by atoms with E-state index in [0.29, 0.717) is 40.9 Å². The molecule has 0 amide bonds. The number of carbonyl (C=O) groups is 1. The van der Waals surface area contributed by atoms with E-state index in [1.54, 1.807) is 12.1 Å². The zero-order valence-corrected chi connectivity index (χ0v) is 10.6. The number of rotatable bonds is 3. The molecule has 1 aliphatic heterocycles. The average molecular weight is 275 g/mol. The van der Waals surface area contributed by atoms with Gasteiger partial charge in [0, 0.05) is 17.9 Å². The average Bonchev–Trinajstić information content (AvgIpc) is 2.33. The number of ether oxygens (including phenoxy) is 2. The van der Waals surface area contributed by atoms with E-state index in [-0.39, 0.29) is 6.10 Å². The quantitative estimate of drug-likeness (QED) is 0.793. The largest absolute Gasteiger partial charge is 0.488 e. The topological polar surface area (TPSA) is 35.5 Å². The van der Waals surface area contributed by atoms with Crippen molar-refractivity contribution >= 4 is 29.5 Å². The maximum Gasteiger partial charge on any atom is 0.153 e. The molecule has 0 aliphatic carbocycles. The molecule has 0 saturated carbocycles. The monoisotopic (exact) mass is 274 g/mol. The van der Waals surface area contributed by atoms with Crippen molar-refractivity contribution < 1.29 is 14.3 Å². The first-order chi connectivity index (χ1) is 8.20. The van der Waals surface area contributed by atoms with E-state index in [9.17, 15) is 4.79 Å². The van der Waals surface area contributed by atoms with Crippen LogP contribution in [0.25, 0.3) is 0 Å². The Morgan fingerprint density at radius 3 is 2.65 bits per heavy atom. The summed E-state index contributed by atoms with van der Waals surface area (Å²) in [6.45, 7) is 1.35. The summed E-state index contributed by atoms with van der Waals surface area (Å²) in [5.74, 6) is 0.415. The van der Waals surface area contributed by atoms with Crippen LogP contribution in [0.5, 0.6) is 5.75 Å². The smallest absolute Gasteiger partial charge is 0.153 e. The van der Waals surface area contributed by atoms with Crippen molar-refractivity contribution in [2.45, 2.75) is 18.9 Å². The van der Waals surface area contributed by atoms with Gasteiger partial charge in [0.15, 0.2) is 6.29 Å². The lowest BCUT2D eigenvalue weighted by molar-refractivity contribution is 0.0254. The van der Waals surface area contributed by atoms with Crippen LogP contribution >= 0.6 is 23.2 Å². The molecule has 0 N–H and O–H groups in total. The second kappa shape index (κ2) is 5.71. The van der Waals surface area contributed by atoms with Gasteiger partial charge in [-0.25, -0.2) is 0 Å². The SMILES string of the molecule is O=Cc1cc(Cl)cc(Cl)c1OC1CCOCC1. The predicted molar refractivity (Wildman–Crippen MR) is 66.3 cm³/mol. The van der Waals surface area contributed by atoms with Crippen molar-refractivity contribution in [3.63, 3.8) is 0 Å². The number of hydrogen-bond acceptors (Lipinski definition) is 3. The van der Waals surface area contributed by atoms with Gasteiger partial charge in [-0.3, -0.25) is 4.79 Å². The maximum absolute atomic E-state index is 11.0. The summed E-state index contributed by atoms with van der Waals surface area (Å²) in [5, 5.41) is 0.794. The molecule has 1 saturated heterocycles. The standard InChI is InChI=1S/C12H12Cl2O3/c13-9-5-8(7-15)12(11(14)6-9)17-10-1-3-16-4-2-10/h5-7,10H,1-4H2. The fourth-order valence-corrected chi connectivity index (χ4v) is 2.31. The number of aldehydes is 1. The Kier molecular flexibility index (Phi) is 4.26. The lowest BCUT2D eigenvalue weighted by Gasteiger charge is -2.24. The summed E-state index contributed by atoms with van der Waals surface area (Å²) in [6.07, 6.45) is 2.35. The highest BCUT2D eigenvalue weighted by atomic mass is 35.5. The lowest BCUT2D eigenvalue weighted by atomic mass is 10.1. The van der Waals surface area contributed by atoms with Gasteiger partial charge in [-0.05, 0) is 12.1 Å². The number of hydrogen-bond donors (Lipinski definition) is 0.